The number of carbonyl (C=O) groups is 6. The third-order valence-electron chi connectivity index (χ3n) is 9.46. The van der Waals surface area contributed by atoms with Crippen LogP contribution in [0.1, 0.15) is 45.1 Å². The summed E-state index contributed by atoms with van der Waals surface area (Å²) < 4.78 is 0. The molecule has 2 aromatic rings. The lowest BCUT2D eigenvalue weighted by Crippen LogP contribution is -2.50. The number of nitrogens with one attached hydrogen (secondary N) is 3. The van der Waals surface area contributed by atoms with E-state index in [4.69, 9.17) is 0 Å². The number of hydrogen-bond acceptors (Lipinski definition) is 10. The Morgan fingerprint density at radius 3 is 1.64 bits per heavy atom. The normalized spacial score (nSPS) is 16.1. The molecule has 16 heteroatoms. The zero-order valence-electron chi connectivity index (χ0n) is 32.2. The topological polar surface area (TPSA) is 212 Å². The molecule has 0 bridgehead atoms. The van der Waals surface area contributed by atoms with Crippen LogP contribution in [0.3, 0.4) is 0 Å². The van der Waals surface area contributed by atoms with Gasteiger partial charge in [-0.15, -0.1) is 0 Å². The van der Waals surface area contributed by atoms with Gasteiger partial charge in [-0.25, -0.2) is 0 Å². The molecule has 1 heterocycles. The highest BCUT2D eigenvalue weighted by Gasteiger charge is 2.23. The number of amides is 3. The highest BCUT2D eigenvalue weighted by molar-refractivity contribution is 5.89. The molecule has 304 valence electrons. The number of hydrogen-bond donors (Lipinski definition) is 6. The first-order valence-corrected chi connectivity index (χ1v) is 19.1. The summed E-state index contributed by atoms with van der Waals surface area (Å²) in [7, 11) is 0. The molecular weight excluding hydrogens is 710 g/mol. The van der Waals surface area contributed by atoms with Crippen LogP contribution < -0.4 is 16.0 Å². The summed E-state index contributed by atoms with van der Waals surface area (Å²) in [6.07, 6.45) is 3.13. The van der Waals surface area contributed by atoms with Crippen molar-refractivity contribution >= 4 is 46.4 Å². The minimum atomic E-state index is -1.04. The molecular formula is C39H59N7O9. The highest BCUT2D eigenvalue weighted by atomic mass is 16.4. The first-order valence-electron chi connectivity index (χ1n) is 19.1. The van der Waals surface area contributed by atoms with Crippen molar-refractivity contribution < 1.29 is 44.1 Å². The summed E-state index contributed by atoms with van der Waals surface area (Å²) in [4.78, 5) is 80.9. The van der Waals surface area contributed by atoms with Gasteiger partial charge in [-0.3, -0.25) is 48.4 Å². The van der Waals surface area contributed by atoms with Gasteiger partial charge in [-0.2, -0.15) is 0 Å². The molecule has 1 fully saturated rings. The Morgan fingerprint density at radius 2 is 1.13 bits per heavy atom. The van der Waals surface area contributed by atoms with Gasteiger partial charge in [0, 0.05) is 78.3 Å². The van der Waals surface area contributed by atoms with Crippen LogP contribution in [0.4, 0.5) is 0 Å². The monoisotopic (exact) mass is 769 g/mol. The molecule has 1 unspecified atom stereocenters. The number of carbonyl (C=O) groups excluding carboxylic acids is 3. The van der Waals surface area contributed by atoms with Gasteiger partial charge >= 0.3 is 17.9 Å². The van der Waals surface area contributed by atoms with E-state index in [2.05, 4.69) is 29.8 Å². The Balaban J connectivity index is 1.59. The SMILES string of the molecule is CC(C)CCCCNC(=O)C(Cc1ccc2ccccc2c1)NC(=O)CCNC(=O)CN1CCN(CC(=O)O)CCN(CC(=O)O)CCN(CC(=O)O)CC1. The second kappa shape index (κ2) is 24.0. The zero-order chi connectivity index (χ0) is 40.2. The molecule has 1 atom stereocenters. The van der Waals surface area contributed by atoms with Gasteiger partial charge < -0.3 is 31.3 Å². The Bertz CT molecular complexity index is 1540. The second-order valence-corrected chi connectivity index (χ2v) is 14.6. The van der Waals surface area contributed by atoms with Crippen LogP contribution in [0, 0.1) is 5.92 Å². The standard InChI is InChI=1S/C39H59N7O9/c1-29(2)7-5-6-13-41-39(55)33(24-30-10-11-31-8-3-4-9-32(31)23-30)42-34(47)12-14-40-35(48)25-43-15-17-44(26-36(49)50)19-21-46(28-38(53)54)22-20-45(18-16-43)27-37(51)52/h3-4,8-11,23,29,33H,5-7,12-22,24-28H2,1-2H3,(H,40,48)(H,41,55)(H,42,47)(H,49,50)(H,51,52)(H,53,54). The third-order valence-corrected chi connectivity index (χ3v) is 9.46. The molecule has 1 aliphatic heterocycles. The van der Waals surface area contributed by atoms with E-state index in [0.29, 0.717) is 32.0 Å². The summed E-state index contributed by atoms with van der Waals surface area (Å²) in [5, 5.41) is 39.0. The van der Waals surface area contributed by atoms with E-state index in [9.17, 15) is 44.1 Å². The van der Waals surface area contributed by atoms with Crippen molar-refractivity contribution in [2.75, 3.05) is 91.6 Å². The number of benzene rings is 2. The Hall–Kier alpha value is -4.64. The fourth-order valence-corrected chi connectivity index (χ4v) is 6.45. The van der Waals surface area contributed by atoms with Crippen molar-refractivity contribution in [3.63, 3.8) is 0 Å². The Labute approximate surface area is 323 Å². The molecule has 6 N–H and O–H groups in total. The molecule has 0 radical (unpaired) electrons. The molecule has 2 aromatic carbocycles. The number of rotatable bonds is 20. The smallest absolute Gasteiger partial charge is 0.317 e. The van der Waals surface area contributed by atoms with Gasteiger partial charge in [0.15, 0.2) is 0 Å². The number of carboxylic acids is 3. The summed E-state index contributed by atoms with van der Waals surface area (Å²) >= 11 is 0. The largest absolute Gasteiger partial charge is 0.480 e. The molecule has 0 aromatic heterocycles. The van der Waals surface area contributed by atoms with Crippen molar-refractivity contribution in [2.45, 2.75) is 52.0 Å². The van der Waals surface area contributed by atoms with Crippen LogP contribution in [-0.2, 0) is 35.2 Å². The van der Waals surface area contributed by atoms with E-state index in [0.717, 1.165) is 35.6 Å². The van der Waals surface area contributed by atoms with Gasteiger partial charge in [0.2, 0.25) is 17.7 Å². The highest BCUT2D eigenvalue weighted by Crippen LogP contribution is 2.17. The number of carboxylic acid groups (broad SMARTS) is 3. The van der Waals surface area contributed by atoms with Crippen LogP contribution >= 0.6 is 0 Å². The first-order chi connectivity index (χ1) is 26.3. The lowest BCUT2D eigenvalue weighted by Gasteiger charge is -2.32. The minimum Gasteiger partial charge on any atom is -0.480 e. The summed E-state index contributed by atoms with van der Waals surface area (Å²) in [5.74, 6) is -3.56. The molecule has 3 amide bonds. The van der Waals surface area contributed by atoms with Crippen molar-refractivity contribution in [2.24, 2.45) is 5.92 Å². The minimum absolute atomic E-state index is 0.0215. The molecule has 1 saturated heterocycles. The Morgan fingerprint density at radius 1 is 0.618 bits per heavy atom. The van der Waals surface area contributed by atoms with E-state index in [1.807, 2.05) is 42.5 Å². The summed E-state index contributed by atoms with van der Waals surface area (Å²) in [6, 6.07) is 13.1. The van der Waals surface area contributed by atoms with E-state index in [1.165, 1.54) is 0 Å². The quantitative estimate of drug-likeness (QED) is 0.103. The van der Waals surface area contributed by atoms with E-state index in [-0.39, 0.29) is 90.2 Å². The van der Waals surface area contributed by atoms with Crippen molar-refractivity contribution in [3.05, 3.63) is 48.0 Å². The van der Waals surface area contributed by atoms with Crippen LogP contribution in [0.25, 0.3) is 10.8 Å². The molecule has 0 saturated carbocycles. The average Bonchev–Trinajstić information content (AvgIpc) is 3.11. The predicted molar refractivity (Wildman–Crippen MR) is 208 cm³/mol. The van der Waals surface area contributed by atoms with Crippen LogP contribution in [0.5, 0.6) is 0 Å². The van der Waals surface area contributed by atoms with Crippen LogP contribution in [0.2, 0.25) is 0 Å². The fraction of sp³-hybridized carbons (Fsp3) is 0.590. The second-order valence-electron chi connectivity index (χ2n) is 14.6. The molecule has 3 rings (SSSR count). The van der Waals surface area contributed by atoms with Gasteiger partial charge in [0.1, 0.15) is 6.04 Å². The van der Waals surface area contributed by atoms with Crippen molar-refractivity contribution in [1.29, 1.82) is 0 Å². The first kappa shape index (κ1) is 44.8. The summed E-state index contributed by atoms with van der Waals surface area (Å²) in [6.45, 7) is 6.21. The number of aliphatic carboxylic acids is 3. The van der Waals surface area contributed by atoms with E-state index in [1.54, 1.807) is 19.6 Å². The molecule has 16 nitrogen and oxygen atoms in total. The molecule has 55 heavy (non-hydrogen) atoms. The summed E-state index contributed by atoms with van der Waals surface area (Å²) in [5.41, 5.74) is 0.903. The Kier molecular flexibility index (Phi) is 19.5. The zero-order valence-corrected chi connectivity index (χ0v) is 32.2. The van der Waals surface area contributed by atoms with Gasteiger partial charge in [0.05, 0.1) is 26.2 Å². The van der Waals surface area contributed by atoms with Crippen LogP contribution in [-0.4, -0.2) is 168 Å². The van der Waals surface area contributed by atoms with Crippen molar-refractivity contribution in [1.82, 2.24) is 35.6 Å². The number of nitrogens with zero attached hydrogens (tertiary/aromatic N) is 4. The van der Waals surface area contributed by atoms with E-state index >= 15 is 0 Å². The van der Waals surface area contributed by atoms with Crippen molar-refractivity contribution in [3.8, 4) is 0 Å². The third kappa shape index (κ3) is 18.5. The van der Waals surface area contributed by atoms with Gasteiger partial charge in [-0.05, 0) is 28.7 Å². The van der Waals surface area contributed by atoms with Crippen LogP contribution in [0.15, 0.2) is 42.5 Å². The maximum Gasteiger partial charge on any atom is 0.317 e. The number of fused-ring (bicyclic) bond motifs is 1. The lowest BCUT2D eigenvalue weighted by atomic mass is 10.0. The maximum atomic E-state index is 13.3. The lowest BCUT2D eigenvalue weighted by molar-refractivity contribution is -0.140. The average molecular weight is 770 g/mol. The number of unbranched alkanes of at least 4 members (excludes halogenated alkanes) is 1. The fourth-order valence-electron chi connectivity index (χ4n) is 6.45. The van der Waals surface area contributed by atoms with Gasteiger partial charge in [-0.1, -0.05) is 69.2 Å². The predicted octanol–water partition coefficient (Wildman–Crippen LogP) is 0.791. The maximum absolute atomic E-state index is 13.3. The van der Waals surface area contributed by atoms with Gasteiger partial charge in [0.25, 0.3) is 0 Å². The molecule has 1 aliphatic rings. The molecule has 0 spiro atoms. The molecule has 0 aliphatic carbocycles. The van der Waals surface area contributed by atoms with E-state index < -0.39 is 29.9 Å².